The van der Waals surface area contributed by atoms with Crippen LogP contribution in [0.4, 0.5) is 10.1 Å². The summed E-state index contributed by atoms with van der Waals surface area (Å²) in [6.45, 7) is 6.26. The van der Waals surface area contributed by atoms with Crippen LogP contribution in [-0.2, 0) is 13.6 Å². The molecule has 1 aromatic carbocycles. The van der Waals surface area contributed by atoms with Gasteiger partial charge in [0.2, 0.25) is 0 Å². The monoisotopic (exact) mass is 360 g/mol. The van der Waals surface area contributed by atoms with E-state index in [0.29, 0.717) is 12.2 Å². The van der Waals surface area contributed by atoms with Crippen molar-refractivity contribution in [1.82, 2.24) is 20.4 Å². The van der Waals surface area contributed by atoms with E-state index in [2.05, 4.69) is 27.6 Å². The third-order valence-corrected chi connectivity index (χ3v) is 4.54. The summed E-state index contributed by atoms with van der Waals surface area (Å²) in [6.07, 6.45) is 0.872. The first-order valence-corrected chi connectivity index (χ1v) is 8.83. The summed E-state index contributed by atoms with van der Waals surface area (Å²) in [5.74, 6) is 0.559. The Hall–Kier alpha value is -2.57. The Labute approximate surface area is 155 Å². The molecule has 26 heavy (non-hydrogen) atoms. The second-order valence-electron chi connectivity index (χ2n) is 6.35. The molecule has 1 aromatic heterocycles. The maximum absolute atomic E-state index is 13.8. The van der Waals surface area contributed by atoms with Crippen molar-refractivity contribution in [2.75, 3.05) is 32.1 Å². The summed E-state index contributed by atoms with van der Waals surface area (Å²) < 4.78 is 15.7. The summed E-state index contributed by atoms with van der Waals surface area (Å²) in [5, 5.41) is 11.0. The van der Waals surface area contributed by atoms with E-state index in [-0.39, 0.29) is 5.82 Å². The molecule has 6 nitrogen and oxygen atoms in total. The van der Waals surface area contributed by atoms with E-state index < -0.39 is 0 Å². The van der Waals surface area contributed by atoms with E-state index in [1.807, 2.05) is 36.7 Å². The van der Waals surface area contributed by atoms with Gasteiger partial charge in [0.1, 0.15) is 5.82 Å². The van der Waals surface area contributed by atoms with Crippen molar-refractivity contribution < 1.29 is 4.39 Å². The largest absolute Gasteiger partial charge is 0.372 e. The number of aliphatic imine (C=N–C) groups is 1. The van der Waals surface area contributed by atoms with E-state index in [1.165, 1.54) is 11.6 Å². The van der Waals surface area contributed by atoms with Crippen LogP contribution in [0.25, 0.3) is 0 Å². The molecule has 0 spiro atoms. The van der Waals surface area contributed by atoms with Crippen LogP contribution in [0.15, 0.2) is 29.3 Å². The van der Waals surface area contributed by atoms with Gasteiger partial charge in [0.05, 0.1) is 11.4 Å². The molecule has 0 saturated heterocycles. The van der Waals surface area contributed by atoms with Crippen molar-refractivity contribution in [2.45, 2.75) is 26.8 Å². The Kier molecular flexibility index (Phi) is 7.00. The van der Waals surface area contributed by atoms with Crippen molar-refractivity contribution in [3.05, 3.63) is 47.0 Å². The van der Waals surface area contributed by atoms with Gasteiger partial charge in [-0.25, -0.2) is 4.39 Å². The Morgan fingerprint density at radius 2 is 2.00 bits per heavy atom. The third kappa shape index (κ3) is 4.97. The van der Waals surface area contributed by atoms with Crippen LogP contribution in [0.1, 0.15) is 23.4 Å². The summed E-state index contributed by atoms with van der Waals surface area (Å²) in [4.78, 5) is 6.18. The van der Waals surface area contributed by atoms with Gasteiger partial charge in [-0.3, -0.25) is 9.67 Å². The van der Waals surface area contributed by atoms with E-state index in [9.17, 15) is 4.39 Å². The first kappa shape index (κ1) is 19.8. The number of aromatic nitrogens is 2. The van der Waals surface area contributed by atoms with Gasteiger partial charge in [-0.15, -0.1) is 0 Å². The normalized spacial score (nSPS) is 11.5. The molecule has 142 valence electrons. The minimum Gasteiger partial charge on any atom is -0.372 e. The van der Waals surface area contributed by atoms with Crippen molar-refractivity contribution in [3.8, 4) is 0 Å². The predicted octanol–water partition coefficient (Wildman–Crippen LogP) is 2.37. The summed E-state index contributed by atoms with van der Waals surface area (Å²) >= 11 is 0. The number of halogens is 1. The number of benzene rings is 1. The smallest absolute Gasteiger partial charge is 0.191 e. The summed E-state index contributed by atoms with van der Waals surface area (Å²) in [5.41, 5.74) is 3.99. The number of aryl methyl sites for hydroxylation is 2. The van der Waals surface area contributed by atoms with Crippen LogP contribution >= 0.6 is 0 Å². The molecule has 7 heteroatoms. The van der Waals surface area contributed by atoms with Crippen molar-refractivity contribution in [1.29, 1.82) is 0 Å². The van der Waals surface area contributed by atoms with E-state index in [1.54, 1.807) is 19.2 Å². The number of guanidine groups is 1. The molecule has 2 aromatic rings. The lowest BCUT2D eigenvalue weighted by Gasteiger charge is -2.20. The predicted molar refractivity (Wildman–Crippen MR) is 105 cm³/mol. The van der Waals surface area contributed by atoms with Crippen LogP contribution in [0.2, 0.25) is 0 Å². The topological polar surface area (TPSA) is 57.5 Å². The highest BCUT2D eigenvalue weighted by Gasteiger charge is 2.10. The molecule has 0 saturated carbocycles. The van der Waals surface area contributed by atoms with E-state index >= 15 is 0 Å². The number of rotatable bonds is 7. The van der Waals surface area contributed by atoms with Gasteiger partial charge in [-0.1, -0.05) is 12.1 Å². The van der Waals surface area contributed by atoms with Gasteiger partial charge in [0, 0.05) is 52.0 Å². The fraction of sp³-hybridized carbons (Fsp3) is 0.474. The first-order valence-electron chi connectivity index (χ1n) is 8.83. The molecule has 0 unspecified atom stereocenters. The number of nitrogens with zero attached hydrogens (tertiary/aromatic N) is 4. The van der Waals surface area contributed by atoms with Crippen LogP contribution in [0.3, 0.4) is 0 Å². The molecule has 0 aliphatic rings. The third-order valence-electron chi connectivity index (χ3n) is 4.54. The molecule has 0 aliphatic carbocycles. The molecule has 0 radical (unpaired) electrons. The van der Waals surface area contributed by atoms with E-state index in [4.69, 9.17) is 0 Å². The Balaban J connectivity index is 1.76. The number of nitrogens with one attached hydrogen (secondary N) is 2. The number of hydrogen-bond donors (Lipinski definition) is 2. The van der Waals surface area contributed by atoms with Gasteiger partial charge in [-0.05, 0) is 32.4 Å². The highest BCUT2D eigenvalue weighted by molar-refractivity contribution is 5.79. The molecule has 0 aliphatic heterocycles. The number of anilines is 1. The first-order chi connectivity index (χ1) is 12.4. The van der Waals surface area contributed by atoms with Crippen LogP contribution < -0.4 is 15.5 Å². The molecule has 0 bridgehead atoms. The molecule has 0 atom stereocenters. The average Bonchev–Trinajstić information content (AvgIpc) is 2.86. The highest BCUT2D eigenvalue weighted by Crippen LogP contribution is 2.16. The maximum atomic E-state index is 13.8. The van der Waals surface area contributed by atoms with Crippen LogP contribution in [0, 0.1) is 19.7 Å². The van der Waals surface area contributed by atoms with E-state index in [0.717, 1.165) is 36.9 Å². The SMILES string of the molecule is CN=C(NCCCN(C)c1ccccc1F)NCc1c(C)nn(C)c1C. The highest BCUT2D eigenvalue weighted by atomic mass is 19.1. The zero-order valence-corrected chi connectivity index (χ0v) is 16.3. The molecule has 2 N–H and O–H groups in total. The number of para-hydroxylation sites is 1. The van der Waals surface area contributed by atoms with Gasteiger partial charge in [-0.2, -0.15) is 5.10 Å². The van der Waals surface area contributed by atoms with Gasteiger partial charge >= 0.3 is 0 Å². The number of hydrogen-bond acceptors (Lipinski definition) is 3. The minimum atomic E-state index is -0.192. The quantitative estimate of drug-likeness (QED) is 0.452. The second-order valence-corrected chi connectivity index (χ2v) is 6.35. The zero-order chi connectivity index (χ0) is 19.1. The maximum Gasteiger partial charge on any atom is 0.191 e. The second kappa shape index (κ2) is 9.22. The molecule has 1 heterocycles. The van der Waals surface area contributed by atoms with Crippen molar-refractivity contribution >= 4 is 11.6 Å². The van der Waals surface area contributed by atoms with Crippen molar-refractivity contribution in [2.24, 2.45) is 12.0 Å². The standard InChI is InChI=1S/C19H29FN6/c1-14-16(15(2)26(5)24-14)13-23-19(21-3)22-11-8-12-25(4)18-10-7-6-9-17(18)20/h6-7,9-10H,8,11-13H2,1-5H3,(H2,21,22,23). The van der Waals surface area contributed by atoms with Crippen LogP contribution in [-0.4, -0.2) is 42.9 Å². The lowest BCUT2D eigenvalue weighted by Crippen LogP contribution is -2.38. The van der Waals surface area contributed by atoms with Gasteiger partial charge in [0.15, 0.2) is 5.96 Å². The van der Waals surface area contributed by atoms with Gasteiger partial charge < -0.3 is 15.5 Å². The Bertz CT molecular complexity index is 752. The zero-order valence-electron chi connectivity index (χ0n) is 16.3. The van der Waals surface area contributed by atoms with Gasteiger partial charge in [0.25, 0.3) is 0 Å². The lowest BCUT2D eigenvalue weighted by atomic mass is 10.2. The lowest BCUT2D eigenvalue weighted by molar-refractivity contribution is 0.619. The molecule has 0 fully saturated rings. The fourth-order valence-corrected chi connectivity index (χ4v) is 2.87. The molecular formula is C19H29FN6. The van der Waals surface area contributed by atoms with Crippen LogP contribution in [0.5, 0.6) is 0 Å². The minimum absolute atomic E-state index is 0.192. The van der Waals surface area contributed by atoms with Crippen molar-refractivity contribution in [3.63, 3.8) is 0 Å². The summed E-state index contributed by atoms with van der Waals surface area (Å²) in [6, 6.07) is 6.83. The Morgan fingerprint density at radius 1 is 1.27 bits per heavy atom. The molecular weight excluding hydrogens is 331 g/mol. The molecule has 0 amide bonds. The summed E-state index contributed by atoms with van der Waals surface area (Å²) in [7, 11) is 5.61. The average molecular weight is 360 g/mol. The fourth-order valence-electron chi connectivity index (χ4n) is 2.87. The molecule has 2 rings (SSSR count). The Morgan fingerprint density at radius 3 is 2.62 bits per heavy atom.